The Balaban J connectivity index is 2.89. The van der Waals surface area contributed by atoms with Gasteiger partial charge in [-0.3, -0.25) is 10.1 Å². The average molecular weight is 274 g/mol. The highest BCUT2D eigenvalue weighted by Crippen LogP contribution is 2.22. The number of hydrogen-bond acceptors (Lipinski definition) is 2. The van der Waals surface area contributed by atoms with Crippen molar-refractivity contribution in [2.45, 2.75) is 38.8 Å². The van der Waals surface area contributed by atoms with Gasteiger partial charge < -0.3 is 5.11 Å². The van der Waals surface area contributed by atoms with E-state index in [4.69, 9.17) is 11.6 Å². The van der Waals surface area contributed by atoms with Crippen molar-refractivity contribution in [1.82, 2.24) is 5.32 Å². The van der Waals surface area contributed by atoms with Crippen molar-refractivity contribution in [3.8, 4) is 0 Å². The van der Waals surface area contributed by atoms with E-state index in [1.54, 1.807) is 19.9 Å². The van der Waals surface area contributed by atoms with E-state index in [1.165, 1.54) is 12.1 Å². The maximum Gasteiger partial charge on any atom is 0.323 e. The molecule has 0 heterocycles. The van der Waals surface area contributed by atoms with E-state index in [0.717, 1.165) is 0 Å². The van der Waals surface area contributed by atoms with Crippen LogP contribution in [0.5, 0.6) is 0 Å². The SMILES string of the molecule is CCC(CC)(NCc1c(F)cccc1Cl)C(=O)O. The molecule has 0 saturated heterocycles. The van der Waals surface area contributed by atoms with Crippen molar-refractivity contribution in [3.63, 3.8) is 0 Å². The molecule has 0 aliphatic rings. The molecular weight excluding hydrogens is 257 g/mol. The molecule has 1 aromatic carbocycles. The predicted molar refractivity (Wildman–Crippen MR) is 69.2 cm³/mol. The second kappa shape index (κ2) is 6.16. The highest BCUT2D eigenvalue weighted by molar-refractivity contribution is 6.31. The topological polar surface area (TPSA) is 49.3 Å². The molecule has 2 N–H and O–H groups in total. The highest BCUT2D eigenvalue weighted by Gasteiger charge is 2.34. The van der Waals surface area contributed by atoms with Crippen LogP contribution in [0.2, 0.25) is 5.02 Å². The minimum absolute atomic E-state index is 0.0967. The van der Waals surface area contributed by atoms with Gasteiger partial charge in [0.05, 0.1) is 0 Å². The molecule has 0 spiro atoms. The number of benzene rings is 1. The molecule has 0 saturated carbocycles. The molecule has 0 aromatic heterocycles. The van der Waals surface area contributed by atoms with Gasteiger partial charge in [-0.1, -0.05) is 31.5 Å². The summed E-state index contributed by atoms with van der Waals surface area (Å²) in [6.07, 6.45) is 0.843. The number of rotatable bonds is 6. The standard InChI is InChI=1S/C13H17ClFNO2/c1-3-13(4-2,12(17)18)16-8-9-10(14)6-5-7-11(9)15/h5-7,16H,3-4,8H2,1-2H3,(H,17,18). The fraction of sp³-hybridized carbons (Fsp3) is 0.462. The van der Waals surface area contributed by atoms with Gasteiger partial charge in [-0.05, 0) is 25.0 Å². The summed E-state index contributed by atoms with van der Waals surface area (Å²) >= 11 is 5.90. The van der Waals surface area contributed by atoms with Gasteiger partial charge in [-0.15, -0.1) is 0 Å². The fourth-order valence-electron chi connectivity index (χ4n) is 1.84. The van der Waals surface area contributed by atoms with Gasteiger partial charge in [-0.25, -0.2) is 4.39 Å². The third-order valence-electron chi connectivity index (χ3n) is 3.28. The number of halogens is 2. The van der Waals surface area contributed by atoms with Crippen LogP contribution in [-0.2, 0) is 11.3 Å². The lowest BCUT2D eigenvalue weighted by molar-refractivity contribution is -0.145. The van der Waals surface area contributed by atoms with E-state index < -0.39 is 17.3 Å². The van der Waals surface area contributed by atoms with Gasteiger partial charge in [-0.2, -0.15) is 0 Å². The summed E-state index contributed by atoms with van der Waals surface area (Å²) in [6.45, 7) is 3.67. The van der Waals surface area contributed by atoms with Crippen molar-refractivity contribution in [3.05, 3.63) is 34.6 Å². The summed E-state index contributed by atoms with van der Waals surface area (Å²) in [5.74, 6) is -1.36. The third kappa shape index (κ3) is 3.00. The van der Waals surface area contributed by atoms with Crippen LogP contribution in [0.15, 0.2) is 18.2 Å². The van der Waals surface area contributed by atoms with E-state index in [2.05, 4.69) is 5.32 Å². The zero-order chi connectivity index (χ0) is 13.8. The molecule has 0 unspecified atom stereocenters. The Morgan fingerprint density at radius 1 is 1.44 bits per heavy atom. The van der Waals surface area contributed by atoms with E-state index in [-0.39, 0.29) is 6.54 Å². The first-order chi connectivity index (χ1) is 8.46. The summed E-state index contributed by atoms with van der Waals surface area (Å²) in [5, 5.41) is 12.5. The molecule has 18 heavy (non-hydrogen) atoms. The quantitative estimate of drug-likeness (QED) is 0.837. The maximum atomic E-state index is 13.6. The van der Waals surface area contributed by atoms with Crippen molar-refractivity contribution in [2.75, 3.05) is 0 Å². The Labute approximate surface area is 111 Å². The molecule has 0 bridgehead atoms. The van der Waals surface area contributed by atoms with Gasteiger partial charge in [0.15, 0.2) is 0 Å². The Morgan fingerprint density at radius 2 is 2.06 bits per heavy atom. The molecule has 0 radical (unpaired) electrons. The van der Waals surface area contributed by atoms with Gasteiger partial charge >= 0.3 is 5.97 Å². The molecule has 0 atom stereocenters. The summed E-state index contributed by atoms with van der Waals surface area (Å²) in [5.41, 5.74) is -0.738. The molecule has 5 heteroatoms. The molecule has 1 rings (SSSR count). The maximum absolute atomic E-state index is 13.6. The number of nitrogens with one attached hydrogen (secondary N) is 1. The number of aliphatic carboxylic acids is 1. The minimum Gasteiger partial charge on any atom is -0.480 e. The lowest BCUT2D eigenvalue weighted by Crippen LogP contribution is -2.50. The van der Waals surface area contributed by atoms with E-state index >= 15 is 0 Å². The number of carboxylic acids is 1. The van der Waals surface area contributed by atoms with Crippen LogP contribution in [0.25, 0.3) is 0 Å². The van der Waals surface area contributed by atoms with Gasteiger partial charge in [0.2, 0.25) is 0 Å². The number of carboxylic acid groups (broad SMARTS) is 1. The first-order valence-corrected chi connectivity index (χ1v) is 6.26. The first kappa shape index (κ1) is 14.9. The highest BCUT2D eigenvalue weighted by atomic mass is 35.5. The number of carbonyl (C=O) groups is 1. The first-order valence-electron chi connectivity index (χ1n) is 5.88. The summed E-state index contributed by atoms with van der Waals surface area (Å²) in [6, 6.07) is 4.41. The summed E-state index contributed by atoms with van der Waals surface area (Å²) in [4.78, 5) is 11.3. The Hall–Kier alpha value is -1.13. The predicted octanol–water partition coefficient (Wildman–Crippen LogP) is 3.21. The van der Waals surface area contributed by atoms with Crippen molar-refractivity contribution in [2.24, 2.45) is 0 Å². The largest absolute Gasteiger partial charge is 0.480 e. The van der Waals surface area contributed by atoms with Crippen molar-refractivity contribution in [1.29, 1.82) is 0 Å². The van der Waals surface area contributed by atoms with E-state index in [0.29, 0.717) is 23.4 Å². The normalized spacial score (nSPS) is 11.6. The molecule has 3 nitrogen and oxygen atoms in total. The minimum atomic E-state index is -1.04. The fourth-order valence-corrected chi connectivity index (χ4v) is 2.07. The lowest BCUT2D eigenvalue weighted by atomic mass is 9.92. The van der Waals surface area contributed by atoms with Crippen molar-refractivity contribution >= 4 is 17.6 Å². The van der Waals surface area contributed by atoms with E-state index in [9.17, 15) is 14.3 Å². The molecule has 0 amide bonds. The van der Waals surface area contributed by atoms with Crippen LogP contribution < -0.4 is 5.32 Å². The van der Waals surface area contributed by atoms with Crippen LogP contribution in [-0.4, -0.2) is 16.6 Å². The second-order valence-electron chi connectivity index (χ2n) is 4.15. The molecule has 0 fully saturated rings. The summed E-state index contributed by atoms with van der Waals surface area (Å²) < 4.78 is 13.6. The molecule has 100 valence electrons. The molecule has 0 aliphatic carbocycles. The van der Waals surface area contributed by atoms with Gasteiger partial charge in [0.1, 0.15) is 11.4 Å². The van der Waals surface area contributed by atoms with Crippen LogP contribution in [0.4, 0.5) is 4.39 Å². The average Bonchev–Trinajstić information content (AvgIpc) is 2.33. The monoisotopic (exact) mass is 273 g/mol. The van der Waals surface area contributed by atoms with Gasteiger partial charge in [0.25, 0.3) is 0 Å². The van der Waals surface area contributed by atoms with E-state index in [1.807, 2.05) is 0 Å². The zero-order valence-electron chi connectivity index (χ0n) is 10.5. The third-order valence-corrected chi connectivity index (χ3v) is 3.64. The van der Waals surface area contributed by atoms with Crippen molar-refractivity contribution < 1.29 is 14.3 Å². The Bertz CT molecular complexity index is 413. The Kier molecular flexibility index (Phi) is 5.11. The van der Waals surface area contributed by atoms with Crippen LogP contribution >= 0.6 is 11.6 Å². The number of hydrogen-bond donors (Lipinski definition) is 2. The van der Waals surface area contributed by atoms with Crippen LogP contribution in [0, 0.1) is 5.82 Å². The Morgan fingerprint density at radius 3 is 2.50 bits per heavy atom. The zero-order valence-corrected chi connectivity index (χ0v) is 11.2. The molecule has 1 aromatic rings. The van der Waals surface area contributed by atoms with Crippen LogP contribution in [0.3, 0.4) is 0 Å². The smallest absolute Gasteiger partial charge is 0.323 e. The molecular formula is C13H17ClFNO2. The van der Waals surface area contributed by atoms with Gasteiger partial charge in [0, 0.05) is 17.1 Å². The second-order valence-corrected chi connectivity index (χ2v) is 4.56. The van der Waals surface area contributed by atoms with Crippen LogP contribution in [0.1, 0.15) is 32.3 Å². The summed E-state index contributed by atoms with van der Waals surface area (Å²) in [7, 11) is 0. The molecule has 0 aliphatic heterocycles. The lowest BCUT2D eigenvalue weighted by Gasteiger charge is -2.28.